The minimum Gasteiger partial charge on any atom is -0.339 e. The Morgan fingerprint density at radius 1 is 1.21 bits per heavy atom. The molecule has 1 aliphatic rings. The monoisotopic (exact) mass is 352 g/mol. The van der Waals surface area contributed by atoms with Crippen LogP contribution in [0.15, 0.2) is 29.2 Å². The van der Waals surface area contributed by atoms with E-state index >= 15 is 0 Å². The molecule has 0 spiro atoms. The molecule has 0 N–H and O–H groups in total. The van der Waals surface area contributed by atoms with Crippen molar-refractivity contribution in [2.45, 2.75) is 44.0 Å². The van der Waals surface area contributed by atoms with Crippen LogP contribution in [-0.4, -0.2) is 55.5 Å². The van der Waals surface area contributed by atoms with Gasteiger partial charge < -0.3 is 4.90 Å². The van der Waals surface area contributed by atoms with E-state index in [2.05, 4.69) is 0 Å². The second-order valence-electron chi connectivity index (χ2n) is 6.27. The van der Waals surface area contributed by atoms with Crippen molar-refractivity contribution in [1.82, 2.24) is 9.21 Å². The first kappa shape index (κ1) is 18.6. The number of carbonyl (C=O) groups is 2. The molecule has 1 aromatic carbocycles. The van der Waals surface area contributed by atoms with E-state index < -0.39 is 10.0 Å². The lowest BCUT2D eigenvalue weighted by molar-refractivity contribution is -0.134. The van der Waals surface area contributed by atoms with E-state index in [0.717, 1.165) is 23.6 Å². The number of carbonyl (C=O) groups excluding carboxylic acids is 2. The average Bonchev–Trinajstić information content (AvgIpc) is 2.55. The maximum Gasteiger partial charge on any atom is 0.243 e. The van der Waals surface area contributed by atoms with Crippen molar-refractivity contribution in [2.24, 2.45) is 0 Å². The normalized spacial score (nSPS) is 18.7. The number of ketones is 1. The van der Waals surface area contributed by atoms with Crippen LogP contribution < -0.4 is 0 Å². The molecular formula is C17H24N2O4S. The Kier molecular flexibility index (Phi) is 5.77. The Labute approximate surface area is 143 Å². The summed E-state index contributed by atoms with van der Waals surface area (Å²) in [5.74, 6) is -0.296. The van der Waals surface area contributed by atoms with Gasteiger partial charge in [-0.25, -0.2) is 8.42 Å². The summed E-state index contributed by atoms with van der Waals surface area (Å²) in [6.07, 6.45) is 3.01. The van der Waals surface area contributed by atoms with Gasteiger partial charge in [0.2, 0.25) is 15.9 Å². The third-order valence-corrected chi connectivity index (χ3v) is 6.27. The number of piperidine rings is 1. The molecule has 0 aliphatic carbocycles. The van der Waals surface area contributed by atoms with Gasteiger partial charge in [0, 0.05) is 25.2 Å². The fourth-order valence-electron chi connectivity index (χ4n) is 2.88. The molecule has 1 atom stereocenters. The second-order valence-corrected chi connectivity index (χ2v) is 8.32. The highest BCUT2D eigenvalue weighted by atomic mass is 32.2. The van der Waals surface area contributed by atoms with E-state index in [1.165, 1.54) is 38.2 Å². The lowest BCUT2D eigenvalue weighted by atomic mass is 10.0. The fourth-order valence-corrected chi connectivity index (χ4v) is 4.00. The number of hydrogen-bond acceptors (Lipinski definition) is 4. The van der Waals surface area contributed by atoms with Crippen molar-refractivity contribution in [3.63, 3.8) is 0 Å². The maximum atomic E-state index is 12.6. The lowest BCUT2D eigenvalue weighted by Gasteiger charge is -2.34. The molecule has 1 aliphatic heterocycles. The van der Waals surface area contributed by atoms with Crippen LogP contribution in [0, 0.1) is 0 Å². The molecule has 1 aromatic rings. The summed E-state index contributed by atoms with van der Waals surface area (Å²) in [7, 11) is -2.35. The summed E-state index contributed by atoms with van der Waals surface area (Å²) in [6.45, 7) is 3.92. The number of hydrogen-bond donors (Lipinski definition) is 0. The zero-order valence-corrected chi connectivity index (χ0v) is 15.2. The van der Waals surface area contributed by atoms with E-state index in [9.17, 15) is 18.0 Å². The van der Waals surface area contributed by atoms with Crippen LogP contribution in [0.5, 0.6) is 0 Å². The van der Waals surface area contributed by atoms with Crippen molar-refractivity contribution in [3.05, 3.63) is 29.8 Å². The van der Waals surface area contributed by atoms with Crippen LogP contribution in [0.3, 0.4) is 0 Å². The van der Waals surface area contributed by atoms with Crippen molar-refractivity contribution in [2.75, 3.05) is 20.1 Å². The van der Waals surface area contributed by atoms with Crippen molar-refractivity contribution < 1.29 is 18.0 Å². The summed E-state index contributed by atoms with van der Waals surface area (Å²) in [6, 6.07) is 5.92. The molecule has 0 bridgehead atoms. The average molecular weight is 352 g/mol. The van der Waals surface area contributed by atoms with E-state index in [4.69, 9.17) is 0 Å². The summed E-state index contributed by atoms with van der Waals surface area (Å²) in [5, 5.41) is 0. The van der Waals surface area contributed by atoms with Gasteiger partial charge in [-0.1, -0.05) is 12.1 Å². The van der Waals surface area contributed by atoms with Gasteiger partial charge in [0.05, 0.1) is 11.4 Å². The van der Waals surface area contributed by atoms with Crippen LogP contribution >= 0.6 is 0 Å². The molecule has 1 unspecified atom stereocenters. The standard InChI is InChI=1S/C17H24N2O4S/c1-13-6-4-5-11-19(13)17(21)12-18(3)24(22,23)16-9-7-15(8-10-16)14(2)20/h7-10,13H,4-6,11-12H2,1-3H3. The van der Waals surface area contributed by atoms with Crippen molar-refractivity contribution in [1.29, 1.82) is 0 Å². The van der Waals surface area contributed by atoms with E-state index in [-0.39, 0.29) is 29.2 Å². The third kappa shape index (κ3) is 4.02. The largest absolute Gasteiger partial charge is 0.339 e. The molecule has 24 heavy (non-hydrogen) atoms. The minimum atomic E-state index is -3.76. The van der Waals surface area contributed by atoms with Gasteiger partial charge in [-0.05, 0) is 45.2 Å². The van der Waals surface area contributed by atoms with Crippen molar-refractivity contribution >= 4 is 21.7 Å². The highest BCUT2D eigenvalue weighted by Gasteiger charge is 2.28. The summed E-state index contributed by atoms with van der Waals surface area (Å²) in [5.41, 5.74) is 0.454. The van der Waals surface area contributed by atoms with Gasteiger partial charge in [0.1, 0.15) is 0 Å². The first-order valence-corrected chi connectivity index (χ1v) is 9.54. The number of likely N-dealkylation sites (tertiary alicyclic amines) is 1. The zero-order chi connectivity index (χ0) is 17.9. The van der Waals surface area contributed by atoms with E-state index in [1.54, 1.807) is 4.90 Å². The highest BCUT2D eigenvalue weighted by Crippen LogP contribution is 2.19. The number of nitrogens with zero attached hydrogens (tertiary/aromatic N) is 2. The van der Waals surface area contributed by atoms with Crippen LogP contribution in [-0.2, 0) is 14.8 Å². The minimum absolute atomic E-state index is 0.0782. The molecule has 0 saturated carbocycles. The van der Waals surface area contributed by atoms with Gasteiger partial charge in [-0.15, -0.1) is 0 Å². The van der Waals surface area contributed by atoms with E-state index in [0.29, 0.717) is 12.1 Å². The van der Waals surface area contributed by atoms with Crippen LogP contribution in [0.2, 0.25) is 0 Å². The first-order chi connectivity index (χ1) is 11.2. The van der Waals surface area contributed by atoms with Crippen LogP contribution in [0.25, 0.3) is 0 Å². The molecule has 1 amide bonds. The molecular weight excluding hydrogens is 328 g/mol. The summed E-state index contributed by atoms with van der Waals surface area (Å²) >= 11 is 0. The number of likely N-dealkylation sites (N-methyl/N-ethyl adjacent to an activating group) is 1. The molecule has 1 heterocycles. The number of amides is 1. The number of sulfonamides is 1. The molecule has 6 nitrogen and oxygen atoms in total. The predicted molar refractivity (Wildman–Crippen MR) is 91.3 cm³/mol. The lowest BCUT2D eigenvalue weighted by Crippen LogP contribution is -2.47. The summed E-state index contributed by atoms with van der Waals surface area (Å²) < 4.78 is 26.2. The molecule has 1 fully saturated rings. The Hall–Kier alpha value is -1.73. The van der Waals surface area contributed by atoms with Gasteiger partial charge >= 0.3 is 0 Å². The zero-order valence-electron chi connectivity index (χ0n) is 14.4. The van der Waals surface area contributed by atoms with E-state index in [1.807, 2.05) is 6.92 Å². The summed E-state index contributed by atoms with van der Waals surface area (Å²) in [4.78, 5) is 25.5. The Bertz CT molecular complexity index is 713. The Morgan fingerprint density at radius 3 is 2.38 bits per heavy atom. The topological polar surface area (TPSA) is 74.8 Å². The number of rotatable bonds is 5. The van der Waals surface area contributed by atoms with Gasteiger partial charge in [0.25, 0.3) is 0 Å². The Morgan fingerprint density at radius 2 is 1.83 bits per heavy atom. The quantitative estimate of drug-likeness (QED) is 0.759. The SMILES string of the molecule is CC(=O)c1ccc(S(=O)(=O)N(C)CC(=O)N2CCCCC2C)cc1. The smallest absolute Gasteiger partial charge is 0.243 e. The first-order valence-electron chi connectivity index (χ1n) is 8.10. The fraction of sp³-hybridized carbons (Fsp3) is 0.529. The van der Waals surface area contributed by atoms with Crippen LogP contribution in [0.1, 0.15) is 43.5 Å². The van der Waals surface area contributed by atoms with Crippen LogP contribution in [0.4, 0.5) is 0 Å². The number of Topliss-reactive ketones (excluding diaryl/α,β-unsaturated/α-hetero) is 1. The van der Waals surface area contributed by atoms with Crippen molar-refractivity contribution in [3.8, 4) is 0 Å². The molecule has 0 radical (unpaired) electrons. The Balaban J connectivity index is 2.10. The molecule has 132 valence electrons. The van der Waals surface area contributed by atoms with Gasteiger partial charge in [-0.3, -0.25) is 9.59 Å². The molecule has 1 saturated heterocycles. The second kappa shape index (κ2) is 7.44. The highest BCUT2D eigenvalue weighted by molar-refractivity contribution is 7.89. The van der Waals surface area contributed by atoms with Gasteiger partial charge in [-0.2, -0.15) is 4.31 Å². The maximum absolute atomic E-state index is 12.6. The van der Waals surface area contributed by atoms with Gasteiger partial charge in [0.15, 0.2) is 5.78 Å². The molecule has 7 heteroatoms. The number of benzene rings is 1. The third-order valence-electron chi connectivity index (χ3n) is 4.45. The molecule has 2 rings (SSSR count). The molecule has 0 aromatic heterocycles. The predicted octanol–water partition coefficient (Wildman–Crippen LogP) is 1.91.